The Kier molecular flexibility index (Phi) is 3.75. The largest absolute Gasteiger partial charge is 0.508 e. The van der Waals surface area contributed by atoms with E-state index in [1.54, 1.807) is 12.1 Å². The van der Waals surface area contributed by atoms with E-state index in [-0.39, 0.29) is 11.7 Å². The molecule has 1 aliphatic carbocycles. The smallest absolute Gasteiger partial charge is 0.271 e. The van der Waals surface area contributed by atoms with Crippen LogP contribution in [-0.4, -0.2) is 16.7 Å². The Balaban J connectivity index is 1.97. The Morgan fingerprint density at radius 1 is 1.24 bits per heavy atom. The Hall–Kier alpha value is -1.84. The number of phenols is 1. The first-order valence-electron chi connectivity index (χ1n) is 5.90. The summed E-state index contributed by atoms with van der Waals surface area (Å²) >= 11 is 0. The molecule has 0 spiro atoms. The number of carbonyl (C=O) groups is 1. The second-order valence-electron chi connectivity index (χ2n) is 4.23. The van der Waals surface area contributed by atoms with Gasteiger partial charge in [-0.2, -0.15) is 5.10 Å². The summed E-state index contributed by atoms with van der Waals surface area (Å²) in [7, 11) is 0. The van der Waals surface area contributed by atoms with Crippen LogP contribution < -0.4 is 5.43 Å². The van der Waals surface area contributed by atoms with Crippen LogP contribution in [0.25, 0.3) is 0 Å². The van der Waals surface area contributed by atoms with Gasteiger partial charge >= 0.3 is 0 Å². The van der Waals surface area contributed by atoms with Crippen molar-refractivity contribution >= 4 is 11.6 Å². The molecule has 0 unspecified atom stereocenters. The summed E-state index contributed by atoms with van der Waals surface area (Å²) < 4.78 is 0. The van der Waals surface area contributed by atoms with E-state index < -0.39 is 0 Å². The maximum Gasteiger partial charge on any atom is 0.271 e. The highest BCUT2D eigenvalue weighted by Crippen LogP contribution is 2.14. The third kappa shape index (κ3) is 3.31. The van der Waals surface area contributed by atoms with E-state index in [1.807, 2.05) is 0 Å². The van der Waals surface area contributed by atoms with Crippen LogP contribution in [0.1, 0.15) is 42.5 Å². The number of hydrogen-bond acceptors (Lipinski definition) is 3. The topological polar surface area (TPSA) is 61.7 Å². The molecule has 1 aromatic rings. The fourth-order valence-electron chi connectivity index (χ4n) is 1.91. The highest BCUT2D eigenvalue weighted by atomic mass is 16.3. The quantitative estimate of drug-likeness (QED) is 0.769. The van der Waals surface area contributed by atoms with Gasteiger partial charge in [-0.3, -0.25) is 4.79 Å². The molecule has 4 nitrogen and oxygen atoms in total. The lowest BCUT2D eigenvalue weighted by Crippen LogP contribution is -2.20. The van der Waals surface area contributed by atoms with Crippen molar-refractivity contribution < 1.29 is 9.90 Å². The molecular formula is C13H16N2O2. The number of aromatic hydroxyl groups is 1. The van der Waals surface area contributed by atoms with Crippen LogP contribution in [-0.2, 0) is 0 Å². The van der Waals surface area contributed by atoms with E-state index in [0.29, 0.717) is 5.56 Å². The maximum atomic E-state index is 11.7. The molecular weight excluding hydrogens is 216 g/mol. The minimum Gasteiger partial charge on any atom is -0.508 e. The zero-order chi connectivity index (χ0) is 12.1. The summed E-state index contributed by atoms with van der Waals surface area (Å²) in [6.07, 6.45) is 5.50. The third-order valence-corrected chi connectivity index (χ3v) is 2.85. The van der Waals surface area contributed by atoms with Crippen molar-refractivity contribution in [2.24, 2.45) is 5.10 Å². The first kappa shape index (κ1) is 11.6. The number of carbonyl (C=O) groups excluding carboxylic acids is 1. The van der Waals surface area contributed by atoms with Gasteiger partial charge in [0.15, 0.2) is 0 Å². The fraction of sp³-hybridized carbons (Fsp3) is 0.385. The normalized spacial score (nSPS) is 15.4. The first-order chi connectivity index (χ1) is 8.25. The van der Waals surface area contributed by atoms with Crippen molar-refractivity contribution in [2.75, 3.05) is 0 Å². The Bertz CT molecular complexity index is 433. The zero-order valence-corrected chi connectivity index (χ0v) is 9.65. The monoisotopic (exact) mass is 232 g/mol. The summed E-state index contributed by atoms with van der Waals surface area (Å²) in [5.41, 5.74) is 4.02. The molecule has 17 heavy (non-hydrogen) atoms. The number of amides is 1. The van der Waals surface area contributed by atoms with Crippen LogP contribution in [0.3, 0.4) is 0 Å². The maximum absolute atomic E-state index is 11.7. The molecule has 1 amide bonds. The minimum absolute atomic E-state index is 0.0861. The summed E-state index contributed by atoms with van der Waals surface area (Å²) in [5, 5.41) is 13.4. The summed E-state index contributed by atoms with van der Waals surface area (Å²) in [4.78, 5) is 11.7. The average Bonchev–Trinajstić information content (AvgIpc) is 2.37. The average molecular weight is 232 g/mol. The van der Waals surface area contributed by atoms with Gasteiger partial charge in [0.2, 0.25) is 0 Å². The van der Waals surface area contributed by atoms with Gasteiger partial charge in [0, 0.05) is 11.3 Å². The van der Waals surface area contributed by atoms with Gasteiger partial charge in [-0.05, 0) is 43.9 Å². The summed E-state index contributed by atoms with van der Waals surface area (Å²) in [5.74, 6) is -0.193. The number of phenolic OH excluding ortho intramolecular Hbond substituents is 1. The van der Waals surface area contributed by atoms with Gasteiger partial charge in [0.05, 0.1) is 0 Å². The van der Waals surface area contributed by atoms with Crippen molar-refractivity contribution in [1.29, 1.82) is 0 Å². The first-order valence-corrected chi connectivity index (χ1v) is 5.90. The van der Waals surface area contributed by atoms with Crippen LogP contribution in [0.5, 0.6) is 5.75 Å². The van der Waals surface area contributed by atoms with Crippen molar-refractivity contribution in [3.8, 4) is 5.75 Å². The molecule has 1 saturated carbocycles. The molecule has 90 valence electrons. The van der Waals surface area contributed by atoms with E-state index in [9.17, 15) is 9.90 Å². The highest BCUT2D eigenvalue weighted by Gasteiger charge is 2.08. The molecule has 0 atom stereocenters. The van der Waals surface area contributed by atoms with E-state index in [2.05, 4.69) is 10.5 Å². The molecule has 2 rings (SSSR count). The number of nitrogens with one attached hydrogen (secondary N) is 1. The van der Waals surface area contributed by atoms with Gasteiger partial charge in [-0.15, -0.1) is 0 Å². The second kappa shape index (κ2) is 5.48. The number of rotatable bonds is 2. The molecule has 0 heterocycles. The van der Waals surface area contributed by atoms with E-state index in [0.717, 1.165) is 31.4 Å². The highest BCUT2D eigenvalue weighted by molar-refractivity contribution is 5.95. The molecule has 0 aliphatic heterocycles. The Morgan fingerprint density at radius 2 is 2.00 bits per heavy atom. The predicted molar refractivity (Wildman–Crippen MR) is 66.1 cm³/mol. The Morgan fingerprint density at radius 3 is 2.71 bits per heavy atom. The lowest BCUT2D eigenvalue weighted by atomic mass is 9.99. The Labute approximate surface area is 100 Å². The third-order valence-electron chi connectivity index (χ3n) is 2.85. The molecule has 4 heteroatoms. The second-order valence-corrected chi connectivity index (χ2v) is 4.23. The molecule has 2 N–H and O–H groups in total. The molecule has 0 radical (unpaired) electrons. The number of hydrogen-bond donors (Lipinski definition) is 2. The fourth-order valence-corrected chi connectivity index (χ4v) is 1.91. The van der Waals surface area contributed by atoms with Gasteiger partial charge in [0.1, 0.15) is 5.75 Å². The SMILES string of the molecule is O=C(NN=C1CCCCC1)c1cccc(O)c1. The van der Waals surface area contributed by atoms with E-state index >= 15 is 0 Å². The van der Waals surface area contributed by atoms with Crippen LogP contribution in [0.4, 0.5) is 0 Å². The van der Waals surface area contributed by atoms with Crippen LogP contribution in [0.15, 0.2) is 29.4 Å². The van der Waals surface area contributed by atoms with Gasteiger partial charge in [0.25, 0.3) is 5.91 Å². The van der Waals surface area contributed by atoms with Crippen LogP contribution in [0.2, 0.25) is 0 Å². The standard InChI is InChI=1S/C13H16N2O2/c16-12-8-4-5-10(9-12)13(17)15-14-11-6-2-1-3-7-11/h4-5,8-9,16H,1-3,6-7H2,(H,15,17). The number of benzene rings is 1. The number of hydrazone groups is 1. The van der Waals surface area contributed by atoms with Crippen molar-refractivity contribution in [3.05, 3.63) is 29.8 Å². The molecule has 1 fully saturated rings. The van der Waals surface area contributed by atoms with E-state index in [4.69, 9.17) is 0 Å². The minimum atomic E-state index is -0.279. The molecule has 0 saturated heterocycles. The predicted octanol–water partition coefficient (Wildman–Crippen LogP) is 2.44. The van der Waals surface area contributed by atoms with Crippen molar-refractivity contribution in [3.63, 3.8) is 0 Å². The number of nitrogens with zero attached hydrogens (tertiary/aromatic N) is 1. The van der Waals surface area contributed by atoms with E-state index in [1.165, 1.54) is 18.6 Å². The van der Waals surface area contributed by atoms with Gasteiger partial charge < -0.3 is 5.11 Å². The van der Waals surface area contributed by atoms with Crippen LogP contribution >= 0.6 is 0 Å². The lowest BCUT2D eigenvalue weighted by Gasteiger charge is -2.11. The lowest BCUT2D eigenvalue weighted by molar-refractivity contribution is 0.0954. The molecule has 0 aromatic heterocycles. The summed E-state index contributed by atoms with van der Waals surface area (Å²) in [6.45, 7) is 0. The molecule has 1 aliphatic rings. The van der Waals surface area contributed by atoms with Gasteiger partial charge in [-0.25, -0.2) is 5.43 Å². The summed E-state index contributed by atoms with van der Waals surface area (Å²) in [6, 6.07) is 6.24. The van der Waals surface area contributed by atoms with Crippen LogP contribution in [0, 0.1) is 0 Å². The molecule has 1 aromatic carbocycles. The van der Waals surface area contributed by atoms with Crippen molar-refractivity contribution in [2.45, 2.75) is 32.1 Å². The zero-order valence-electron chi connectivity index (χ0n) is 9.65. The van der Waals surface area contributed by atoms with Crippen molar-refractivity contribution in [1.82, 2.24) is 5.43 Å². The molecule has 0 bridgehead atoms. The van der Waals surface area contributed by atoms with Gasteiger partial charge in [-0.1, -0.05) is 12.5 Å².